The number of fused-ring (bicyclic) bond motifs is 1. The average Bonchev–Trinajstić information content (AvgIpc) is 2.95. The third-order valence-electron chi connectivity index (χ3n) is 3.22. The molecule has 0 aliphatic carbocycles. The first-order valence-corrected chi connectivity index (χ1v) is 6.37. The van der Waals surface area contributed by atoms with E-state index < -0.39 is 10.2 Å². The Morgan fingerprint density at radius 1 is 1.14 bits per heavy atom. The van der Waals surface area contributed by atoms with Crippen molar-refractivity contribution in [2.45, 2.75) is 0 Å². The zero-order chi connectivity index (χ0) is 15.0. The van der Waals surface area contributed by atoms with Gasteiger partial charge in [0.15, 0.2) is 0 Å². The molecule has 0 atom stereocenters. The molecule has 0 spiro atoms. The van der Waals surface area contributed by atoms with Crippen LogP contribution in [-0.2, 0) is 0 Å². The van der Waals surface area contributed by atoms with Gasteiger partial charge in [0.1, 0.15) is 5.69 Å². The minimum atomic E-state index is -0.662. The second kappa shape index (κ2) is 4.99. The predicted octanol–water partition coefficient (Wildman–Crippen LogP) is 3.52. The molecule has 21 heavy (non-hydrogen) atoms. The predicted molar refractivity (Wildman–Crippen MR) is 78.4 cm³/mol. The molecule has 0 unspecified atom stereocenters. The number of hydrogen-bond acceptors (Lipinski definition) is 4. The number of H-pyrrole nitrogens is 1. The number of nitrogens with one attached hydrogen (secondary N) is 1. The molecule has 0 saturated heterocycles. The summed E-state index contributed by atoms with van der Waals surface area (Å²) in [6.45, 7) is 0. The van der Waals surface area contributed by atoms with Crippen molar-refractivity contribution in [3.05, 3.63) is 58.4 Å². The zero-order valence-electron chi connectivity index (χ0n) is 10.5. The fourth-order valence-corrected chi connectivity index (χ4v) is 2.46. The number of carbonyl (C=O) groups is 1. The molecule has 3 aromatic rings. The Morgan fingerprint density at radius 3 is 2.52 bits per heavy atom. The molecule has 2 aromatic carbocycles. The minimum absolute atomic E-state index is 0.0107. The number of aromatic nitrogens is 2. The maximum atomic E-state index is 11.4. The summed E-state index contributed by atoms with van der Waals surface area (Å²) in [7, 11) is 0. The number of nitro groups is 1. The Hall–Kier alpha value is -2.73. The van der Waals surface area contributed by atoms with Crippen LogP contribution in [0.25, 0.3) is 21.9 Å². The van der Waals surface area contributed by atoms with Crippen LogP contribution < -0.4 is 0 Å². The number of halogens is 1. The van der Waals surface area contributed by atoms with Gasteiger partial charge in [0.2, 0.25) is 0 Å². The molecule has 7 heteroatoms. The van der Waals surface area contributed by atoms with Gasteiger partial charge < -0.3 is 0 Å². The minimum Gasteiger partial charge on any atom is -0.274 e. The molecule has 0 amide bonds. The van der Waals surface area contributed by atoms with Crippen LogP contribution >= 0.6 is 11.6 Å². The van der Waals surface area contributed by atoms with Crippen LogP contribution in [0.15, 0.2) is 42.6 Å². The molecule has 6 nitrogen and oxygen atoms in total. The largest absolute Gasteiger partial charge is 0.277 e. The van der Waals surface area contributed by atoms with Crippen LogP contribution in [0, 0.1) is 10.1 Å². The maximum Gasteiger partial charge on any atom is 0.277 e. The number of aromatic amines is 1. The molecule has 3 rings (SSSR count). The van der Waals surface area contributed by atoms with E-state index in [0.29, 0.717) is 21.9 Å². The zero-order valence-corrected chi connectivity index (χ0v) is 11.3. The quantitative estimate of drug-likeness (QED) is 0.455. The second-order valence-corrected chi connectivity index (χ2v) is 4.71. The molecule has 0 bridgehead atoms. The first-order valence-electron chi connectivity index (χ1n) is 5.99. The van der Waals surface area contributed by atoms with Gasteiger partial charge in [-0.15, -0.1) is 0 Å². The highest BCUT2D eigenvalue weighted by Crippen LogP contribution is 2.35. The van der Waals surface area contributed by atoms with Gasteiger partial charge in [-0.3, -0.25) is 20.0 Å². The third-order valence-corrected chi connectivity index (χ3v) is 3.41. The van der Waals surface area contributed by atoms with Crippen molar-refractivity contribution in [1.29, 1.82) is 0 Å². The summed E-state index contributed by atoms with van der Waals surface area (Å²) in [5.74, 6) is 0. The number of non-ortho nitro benzene ring substituents is 1. The number of nitro benzene ring substituents is 1. The first-order chi connectivity index (χ1) is 10.1. The Morgan fingerprint density at radius 2 is 1.86 bits per heavy atom. The maximum absolute atomic E-state index is 11.4. The number of rotatable bonds is 3. The third kappa shape index (κ3) is 2.15. The van der Waals surface area contributed by atoms with E-state index in [9.17, 15) is 14.9 Å². The molecular weight excluding hydrogens is 294 g/mol. The molecule has 0 aliphatic heterocycles. The normalized spacial score (nSPS) is 10.7. The van der Waals surface area contributed by atoms with E-state index >= 15 is 0 Å². The number of carbonyl (C=O) groups excluding carboxylic acids is 1. The van der Waals surface area contributed by atoms with Crippen LogP contribution in [0.2, 0.25) is 0 Å². The van der Waals surface area contributed by atoms with Gasteiger partial charge in [-0.25, -0.2) is 0 Å². The van der Waals surface area contributed by atoms with Crippen LogP contribution in [0.1, 0.15) is 10.5 Å². The molecule has 0 saturated carbocycles. The van der Waals surface area contributed by atoms with E-state index in [0.717, 1.165) is 0 Å². The lowest BCUT2D eigenvalue weighted by Gasteiger charge is -2.06. The standard InChI is InChI=1S/C14H8ClN3O3/c15-14(19)13-11(7-16-17-13)9-5-6-12(18(20)21)10-4-2-1-3-8(9)10/h1-7H,(H,16,17). The Labute approximate surface area is 123 Å². The van der Waals surface area contributed by atoms with E-state index in [2.05, 4.69) is 10.2 Å². The summed E-state index contributed by atoms with van der Waals surface area (Å²) in [4.78, 5) is 22.1. The van der Waals surface area contributed by atoms with Gasteiger partial charge in [-0.05, 0) is 34.7 Å². The number of nitrogens with zero attached hydrogens (tertiary/aromatic N) is 2. The Balaban J connectivity index is 2.35. The number of hydrogen-bond donors (Lipinski definition) is 1. The van der Waals surface area contributed by atoms with Crippen molar-refractivity contribution in [3.8, 4) is 11.1 Å². The molecule has 0 radical (unpaired) electrons. The van der Waals surface area contributed by atoms with Crippen LogP contribution in [0.4, 0.5) is 5.69 Å². The lowest BCUT2D eigenvalue weighted by atomic mass is 9.98. The molecule has 1 N–H and O–H groups in total. The molecule has 0 fully saturated rings. The fourth-order valence-electron chi connectivity index (χ4n) is 2.32. The Bertz CT molecular complexity index is 873. The summed E-state index contributed by atoms with van der Waals surface area (Å²) in [5.41, 5.74) is 1.35. The van der Waals surface area contributed by atoms with E-state index in [1.807, 2.05) is 0 Å². The molecular formula is C14H8ClN3O3. The molecule has 104 valence electrons. The van der Waals surface area contributed by atoms with Gasteiger partial charge in [0.05, 0.1) is 16.5 Å². The topological polar surface area (TPSA) is 88.9 Å². The van der Waals surface area contributed by atoms with Crippen molar-refractivity contribution in [2.24, 2.45) is 0 Å². The molecule has 0 aliphatic rings. The smallest absolute Gasteiger partial charge is 0.274 e. The van der Waals surface area contributed by atoms with E-state index in [1.54, 1.807) is 30.3 Å². The highest BCUT2D eigenvalue weighted by molar-refractivity contribution is 6.68. The van der Waals surface area contributed by atoms with Gasteiger partial charge in [-0.1, -0.05) is 18.2 Å². The second-order valence-electron chi connectivity index (χ2n) is 4.37. The average molecular weight is 302 g/mol. The lowest BCUT2D eigenvalue weighted by molar-refractivity contribution is -0.383. The van der Waals surface area contributed by atoms with Crippen molar-refractivity contribution >= 4 is 33.3 Å². The Kier molecular flexibility index (Phi) is 3.15. The van der Waals surface area contributed by atoms with Crippen molar-refractivity contribution in [2.75, 3.05) is 0 Å². The van der Waals surface area contributed by atoms with Crippen molar-refractivity contribution < 1.29 is 9.72 Å². The van der Waals surface area contributed by atoms with Crippen LogP contribution in [0.3, 0.4) is 0 Å². The van der Waals surface area contributed by atoms with Crippen molar-refractivity contribution in [1.82, 2.24) is 10.2 Å². The molecule has 1 aromatic heterocycles. The number of benzene rings is 2. The summed E-state index contributed by atoms with van der Waals surface area (Å²) >= 11 is 5.51. The lowest BCUT2D eigenvalue weighted by Crippen LogP contribution is -1.94. The molecule has 1 heterocycles. The van der Waals surface area contributed by atoms with Gasteiger partial charge >= 0.3 is 0 Å². The van der Waals surface area contributed by atoms with E-state index in [1.165, 1.54) is 12.3 Å². The summed E-state index contributed by atoms with van der Waals surface area (Å²) < 4.78 is 0. The first kappa shape index (κ1) is 13.3. The highest BCUT2D eigenvalue weighted by Gasteiger charge is 2.19. The summed E-state index contributed by atoms with van der Waals surface area (Å²) in [5, 5.41) is 18.0. The SMILES string of the molecule is O=C(Cl)c1[nH]ncc1-c1ccc([N+](=O)[O-])c2ccccc12. The van der Waals surface area contributed by atoms with Gasteiger partial charge in [-0.2, -0.15) is 5.10 Å². The van der Waals surface area contributed by atoms with Crippen LogP contribution in [-0.4, -0.2) is 20.4 Å². The van der Waals surface area contributed by atoms with Gasteiger partial charge in [0.25, 0.3) is 10.9 Å². The van der Waals surface area contributed by atoms with Crippen LogP contribution in [0.5, 0.6) is 0 Å². The fraction of sp³-hybridized carbons (Fsp3) is 0. The van der Waals surface area contributed by atoms with Crippen molar-refractivity contribution in [3.63, 3.8) is 0 Å². The van der Waals surface area contributed by atoms with Gasteiger partial charge in [0, 0.05) is 11.6 Å². The summed E-state index contributed by atoms with van der Waals surface area (Å²) in [6.07, 6.45) is 1.48. The summed E-state index contributed by atoms with van der Waals surface area (Å²) in [6, 6.07) is 9.92. The van der Waals surface area contributed by atoms with E-state index in [-0.39, 0.29) is 11.4 Å². The highest BCUT2D eigenvalue weighted by atomic mass is 35.5. The van der Waals surface area contributed by atoms with E-state index in [4.69, 9.17) is 11.6 Å². The monoisotopic (exact) mass is 301 g/mol.